The Bertz CT molecular complexity index is 1390. The molecule has 3 heterocycles. The van der Waals surface area contributed by atoms with Crippen LogP contribution in [0.1, 0.15) is 29.6 Å². The molecule has 1 aromatic heterocycles. The first-order valence-corrected chi connectivity index (χ1v) is 15.8. The number of rotatable bonds is 10. The molecule has 2 fully saturated rings. The van der Waals surface area contributed by atoms with Crippen molar-refractivity contribution in [3.05, 3.63) is 53.1 Å². The Balaban J connectivity index is 1.34. The van der Waals surface area contributed by atoms with E-state index >= 15 is 0 Å². The van der Waals surface area contributed by atoms with Gasteiger partial charge in [0.15, 0.2) is 5.13 Å². The number of sulfonamides is 1. The van der Waals surface area contributed by atoms with Gasteiger partial charge in [0.25, 0.3) is 5.91 Å². The van der Waals surface area contributed by atoms with E-state index < -0.39 is 10.0 Å². The lowest BCUT2D eigenvalue weighted by molar-refractivity contribution is 0.0376. The summed E-state index contributed by atoms with van der Waals surface area (Å²) in [6.07, 6.45) is 2.47. The molecule has 1 atom stereocenters. The van der Waals surface area contributed by atoms with Crippen molar-refractivity contribution in [2.75, 3.05) is 64.5 Å². The highest BCUT2D eigenvalue weighted by atomic mass is 35.5. The number of hydrogen-bond acceptors (Lipinski definition) is 8. The van der Waals surface area contributed by atoms with Crippen molar-refractivity contribution in [2.45, 2.75) is 30.3 Å². The molecule has 1 unspecified atom stereocenters. The molecule has 0 aliphatic carbocycles. The smallest absolute Gasteiger partial charge is 0.260 e. The van der Waals surface area contributed by atoms with E-state index in [0.29, 0.717) is 40.9 Å². The van der Waals surface area contributed by atoms with E-state index in [-0.39, 0.29) is 16.9 Å². The van der Waals surface area contributed by atoms with Crippen molar-refractivity contribution in [1.29, 1.82) is 0 Å². The number of nitrogens with zero attached hydrogens (tertiary/aromatic N) is 4. The SMILES string of the molecule is CN(CC1CCCO1)S(=O)(=O)c1ccc(C(=O)N(CCCN2CCOCC2)c2nc3c(Cl)cccc3s2)cc1. The van der Waals surface area contributed by atoms with Gasteiger partial charge in [-0.2, -0.15) is 4.31 Å². The van der Waals surface area contributed by atoms with Crippen molar-refractivity contribution in [3.8, 4) is 0 Å². The van der Waals surface area contributed by atoms with Gasteiger partial charge in [-0.05, 0) is 55.7 Å². The Morgan fingerprint density at radius 2 is 1.92 bits per heavy atom. The summed E-state index contributed by atoms with van der Waals surface area (Å²) in [5.41, 5.74) is 1.06. The van der Waals surface area contributed by atoms with Gasteiger partial charge in [-0.15, -0.1) is 0 Å². The van der Waals surface area contributed by atoms with Gasteiger partial charge in [0, 0.05) is 51.9 Å². The van der Waals surface area contributed by atoms with Crippen LogP contribution in [0.4, 0.5) is 5.13 Å². The lowest BCUT2D eigenvalue weighted by Crippen LogP contribution is -2.39. The van der Waals surface area contributed by atoms with Crippen LogP contribution >= 0.6 is 22.9 Å². The minimum atomic E-state index is -3.70. The average Bonchev–Trinajstić information content (AvgIpc) is 3.62. The predicted molar refractivity (Wildman–Crippen MR) is 153 cm³/mol. The number of fused-ring (bicyclic) bond motifs is 1. The highest BCUT2D eigenvalue weighted by molar-refractivity contribution is 7.89. The molecule has 9 nitrogen and oxygen atoms in total. The van der Waals surface area contributed by atoms with Crippen LogP contribution in [0.2, 0.25) is 5.02 Å². The van der Waals surface area contributed by atoms with Gasteiger partial charge in [0.05, 0.1) is 33.9 Å². The van der Waals surface area contributed by atoms with E-state index in [0.717, 1.165) is 56.8 Å². The molecule has 2 aromatic carbocycles. The van der Waals surface area contributed by atoms with E-state index in [4.69, 9.17) is 26.1 Å². The highest BCUT2D eigenvalue weighted by Gasteiger charge is 2.27. The van der Waals surface area contributed by atoms with E-state index in [1.54, 1.807) is 30.1 Å². The molecule has 2 saturated heterocycles. The summed E-state index contributed by atoms with van der Waals surface area (Å²) >= 11 is 7.79. The molecule has 12 heteroatoms. The number of anilines is 1. The maximum absolute atomic E-state index is 13.8. The van der Waals surface area contributed by atoms with Crippen LogP contribution in [0, 0.1) is 0 Å². The quantitative estimate of drug-likeness (QED) is 0.350. The van der Waals surface area contributed by atoms with Crippen LogP contribution < -0.4 is 4.90 Å². The third-order valence-electron chi connectivity index (χ3n) is 7.09. The molecule has 0 bridgehead atoms. The minimum Gasteiger partial charge on any atom is -0.379 e. The number of halogens is 1. The maximum Gasteiger partial charge on any atom is 0.260 e. The summed E-state index contributed by atoms with van der Waals surface area (Å²) in [6, 6.07) is 11.7. The summed E-state index contributed by atoms with van der Waals surface area (Å²) in [7, 11) is -2.14. The molecular weight excluding hydrogens is 560 g/mol. The van der Waals surface area contributed by atoms with Gasteiger partial charge in [-0.25, -0.2) is 13.4 Å². The number of ether oxygens (including phenoxy) is 2. The summed E-state index contributed by atoms with van der Waals surface area (Å²) in [5, 5.41) is 1.11. The lowest BCUT2D eigenvalue weighted by Gasteiger charge is -2.27. The van der Waals surface area contributed by atoms with E-state index in [2.05, 4.69) is 4.90 Å². The zero-order valence-electron chi connectivity index (χ0n) is 21.9. The van der Waals surface area contributed by atoms with Crippen molar-refractivity contribution < 1.29 is 22.7 Å². The molecule has 1 amide bonds. The third-order valence-corrected chi connectivity index (χ3v) is 10.3. The van der Waals surface area contributed by atoms with Crippen molar-refractivity contribution in [1.82, 2.24) is 14.2 Å². The number of benzene rings is 2. The number of morpholine rings is 1. The second-order valence-corrected chi connectivity index (χ2v) is 13.3. The van der Waals surface area contributed by atoms with E-state index in [1.807, 2.05) is 12.1 Å². The highest BCUT2D eigenvalue weighted by Crippen LogP contribution is 2.33. The third kappa shape index (κ3) is 6.62. The van der Waals surface area contributed by atoms with Crippen LogP contribution in [0.15, 0.2) is 47.4 Å². The first-order valence-electron chi connectivity index (χ1n) is 13.2. The molecule has 0 radical (unpaired) electrons. The molecule has 39 heavy (non-hydrogen) atoms. The molecule has 210 valence electrons. The Labute approximate surface area is 238 Å². The number of amides is 1. The first kappa shape index (κ1) is 28.4. The normalized spacial score (nSPS) is 18.7. The largest absolute Gasteiger partial charge is 0.379 e. The molecule has 5 rings (SSSR count). The van der Waals surface area contributed by atoms with Gasteiger partial charge < -0.3 is 9.47 Å². The molecule has 3 aromatic rings. The summed E-state index contributed by atoms with van der Waals surface area (Å²) < 4.78 is 39.5. The summed E-state index contributed by atoms with van der Waals surface area (Å²) in [6.45, 7) is 5.47. The zero-order valence-corrected chi connectivity index (χ0v) is 24.3. The lowest BCUT2D eigenvalue weighted by atomic mass is 10.2. The van der Waals surface area contributed by atoms with Gasteiger partial charge in [0.2, 0.25) is 10.0 Å². The molecule has 0 N–H and O–H groups in total. The number of carbonyl (C=O) groups is 1. The summed E-state index contributed by atoms with van der Waals surface area (Å²) in [5.74, 6) is -0.233. The zero-order chi connectivity index (χ0) is 27.4. The van der Waals surface area contributed by atoms with Crippen molar-refractivity contribution >= 4 is 54.2 Å². The number of para-hydroxylation sites is 1. The molecule has 2 aliphatic heterocycles. The van der Waals surface area contributed by atoms with Crippen LogP contribution in [0.3, 0.4) is 0 Å². The van der Waals surface area contributed by atoms with E-state index in [9.17, 15) is 13.2 Å². The van der Waals surface area contributed by atoms with Crippen molar-refractivity contribution in [2.24, 2.45) is 0 Å². The number of thiazole rings is 1. The van der Waals surface area contributed by atoms with Gasteiger partial charge in [-0.1, -0.05) is 29.0 Å². The fourth-order valence-corrected chi connectivity index (χ4v) is 7.35. The van der Waals surface area contributed by atoms with Crippen LogP contribution in [-0.4, -0.2) is 94.2 Å². The Kier molecular flexibility index (Phi) is 9.17. The van der Waals surface area contributed by atoms with Gasteiger partial charge in [-0.3, -0.25) is 14.6 Å². The van der Waals surface area contributed by atoms with E-state index in [1.165, 1.54) is 27.8 Å². The Morgan fingerprint density at radius 1 is 1.15 bits per heavy atom. The average molecular weight is 593 g/mol. The fraction of sp³-hybridized carbons (Fsp3) is 0.481. The van der Waals surface area contributed by atoms with Gasteiger partial charge >= 0.3 is 0 Å². The molecule has 0 saturated carbocycles. The second kappa shape index (κ2) is 12.6. The van der Waals surface area contributed by atoms with Crippen LogP contribution in [0.25, 0.3) is 10.2 Å². The minimum absolute atomic E-state index is 0.0843. The number of carbonyl (C=O) groups excluding carboxylic acids is 1. The van der Waals surface area contributed by atoms with Crippen LogP contribution in [-0.2, 0) is 19.5 Å². The first-order chi connectivity index (χ1) is 18.8. The standard InChI is InChI=1S/C27H33ClN4O5S2/c1-30(19-21-5-3-16-37-21)39(34,35)22-10-8-20(9-11-22)26(33)32(13-4-12-31-14-17-36-18-15-31)27-29-25-23(28)6-2-7-24(25)38-27/h2,6-11,21H,3-5,12-19H2,1H3. The Hall–Kier alpha value is -2.12. The van der Waals surface area contributed by atoms with Gasteiger partial charge in [0.1, 0.15) is 5.52 Å². The Morgan fingerprint density at radius 3 is 2.62 bits per heavy atom. The molecule has 2 aliphatic rings. The second-order valence-electron chi connectivity index (χ2n) is 9.79. The van der Waals surface area contributed by atoms with Crippen LogP contribution in [0.5, 0.6) is 0 Å². The monoisotopic (exact) mass is 592 g/mol. The predicted octanol–water partition coefficient (Wildman–Crippen LogP) is 4.12. The van der Waals surface area contributed by atoms with Crippen molar-refractivity contribution in [3.63, 3.8) is 0 Å². The fourth-order valence-electron chi connectivity index (χ4n) is 4.86. The maximum atomic E-state index is 13.8. The number of likely N-dealkylation sites (N-methyl/N-ethyl adjacent to an activating group) is 1. The molecule has 0 spiro atoms. The summed E-state index contributed by atoms with van der Waals surface area (Å²) in [4.78, 5) is 22.6. The topological polar surface area (TPSA) is 92.3 Å². The number of hydrogen-bond donors (Lipinski definition) is 0. The molecular formula is C27H33ClN4O5S2. The number of aromatic nitrogens is 1.